The van der Waals surface area contributed by atoms with Crippen LogP contribution >= 0.6 is 0 Å². The van der Waals surface area contributed by atoms with Gasteiger partial charge < -0.3 is 10.6 Å². The Morgan fingerprint density at radius 2 is 1.95 bits per heavy atom. The highest BCUT2D eigenvalue weighted by atomic mass is 15.1. The minimum absolute atomic E-state index is 0.674. The minimum atomic E-state index is 0.674. The summed E-state index contributed by atoms with van der Waals surface area (Å²) < 4.78 is 0. The molecule has 0 aliphatic rings. The van der Waals surface area contributed by atoms with Crippen molar-refractivity contribution in [2.75, 3.05) is 20.1 Å². The van der Waals surface area contributed by atoms with Gasteiger partial charge >= 0.3 is 0 Å². The summed E-state index contributed by atoms with van der Waals surface area (Å²) in [6, 6.07) is 8.75. The Hall–Kier alpha value is -1.65. The molecule has 2 rings (SSSR count). The number of H-pyrrole nitrogens is 1. The van der Waals surface area contributed by atoms with Crippen LogP contribution in [0.2, 0.25) is 0 Å². The van der Waals surface area contributed by atoms with Gasteiger partial charge in [-0.3, -0.25) is 5.10 Å². The lowest BCUT2D eigenvalue weighted by atomic mass is 10.00. The molecule has 1 heterocycles. The lowest BCUT2D eigenvalue weighted by Crippen LogP contribution is -2.25. The van der Waals surface area contributed by atoms with E-state index >= 15 is 0 Å². The van der Waals surface area contributed by atoms with Crippen molar-refractivity contribution in [3.8, 4) is 11.3 Å². The summed E-state index contributed by atoms with van der Waals surface area (Å²) in [4.78, 5) is 2.21. The van der Waals surface area contributed by atoms with Crippen molar-refractivity contribution in [3.63, 3.8) is 0 Å². The Bertz CT molecular complexity index is 542. The van der Waals surface area contributed by atoms with Crippen molar-refractivity contribution >= 4 is 0 Å². The molecule has 4 nitrogen and oxygen atoms in total. The second-order valence-electron chi connectivity index (χ2n) is 6.08. The zero-order chi connectivity index (χ0) is 15.2. The number of nitrogens with zero attached hydrogens (tertiary/aromatic N) is 2. The second-order valence-corrected chi connectivity index (χ2v) is 6.08. The van der Waals surface area contributed by atoms with Gasteiger partial charge in [0.1, 0.15) is 0 Å². The number of hydrogen-bond donors (Lipinski definition) is 2. The Morgan fingerprint density at radius 3 is 2.57 bits per heavy atom. The predicted octanol–water partition coefficient (Wildman–Crippen LogP) is 2.67. The molecule has 0 aliphatic carbocycles. The van der Waals surface area contributed by atoms with Crippen LogP contribution in [-0.4, -0.2) is 35.2 Å². The smallest absolute Gasteiger partial charge is 0.0965 e. The van der Waals surface area contributed by atoms with Crippen LogP contribution in [0.4, 0.5) is 0 Å². The number of nitrogens with one attached hydrogen (secondary N) is 1. The zero-order valence-corrected chi connectivity index (χ0v) is 13.3. The van der Waals surface area contributed by atoms with Gasteiger partial charge in [-0.1, -0.05) is 38.1 Å². The topological polar surface area (TPSA) is 57.9 Å². The number of benzene rings is 1. The summed E-state index contributed by atoms with van der Waals surface area (Å²) in [5.41, 5.74) is 10.4. The van der Waals surface area contributed by atoms with E-state index in [2.05, 4.69) is 60.3 Å². The van der Waals surface area contributed by atoms with Crippen LogP contribution in [0.3, 0.4) is 0 Å². The van der Waals surface area contributed by atoms with Crippen LogP contribution in [0, 0.1) is 5.92 Å². The number of nitrogens with two attached hydrogens (primary N) is 1. The van der Waals surface area contributed by atoms with Gasteiger partial charge in [0, 0.05) is 37.0 Å². The molecule has 0 aliphatic heterocycles. The van der Waals surface area contributed by atoms with Gasteiger partial charge in [0.15, 0.2) is 0 Å². The standard InChI is InChI=1S/C17H26N4/c1-13(2)10-14-4-6-15(7-5-14)17-16(11-19-20-17)12-21(3)9-8-18/h4-7,11,13H,8-10,12,18H2,1-3H3,(H,19,20). The Balaban J connectivity index is 2.13. The zero-order valence-electron chi connectivity index (χ0n) is 13.3. The fourth-order valence-corrected chi connectivity index (χ4v) is 2.55. The van der Waals surface area contributed by atoms with Gasteiger partial charge in [-0.25, -0.2) is 0 Å². The van der Waals surface area contributed by atoms with Crippen molar-refractivity contribution in [1.82, 2.24) is 15.1 Å². The van der Waals surface area contributed by atoms with E-state index in [1.807, 2.05) is 6.20 Å². The lowest BCUT2D eigenvalue weighted by molar-refractivity contribution is 0.337. The first-order valence-corrected chi connectivity index (χ1v) is 7.60. The maximum atomic E-state index is 5.60. The second kappa shape index (κ2) is 7.38. The molecule has 4 heteroatoms. The van der Waals surface area contributed by atoms with Gasteiger partial charge in [0.05, 0.1) is 5.69 Å². The molecule has 0 saturated heterocycles. The molecule has 114 valence electrons. The molecule has 0 saturated carbocycles. The number of aromatic amines is 1. The Morgan fingerprint density at radius 1 is 1.24 bits per heavy atom. The molecule has 0 spiro atoms. The molecule has 21 heavy (non-hydrogen) atoms. The highest BCUT2D eigenvalue weighted by Gasteiger charge is 2.10. The normalized spacial score (nSPS) is 11.5. The summed E-state index contributed by atoms with van der Waals surface area (Å²) in [5, 5.41) is 7.39. The number of aromatic nitrogens is 2. The van der Waals surface area contributed by atoms with E-state index in [0.29, 0.717) is 12.5 Å². The summed E-state index contributed by atoms with van der Waals surface area (Å²) in [6.45, 7) is 6.91. The van der Waals surface area contributed by atoms with Crippen molar-refractivity contribution < 1.29 is 0 Å². The maximum absolute atomic E-state index is 5.60. The molecule has 2 aromatic rings. The molecule has 0 fully saturated rings. The third kappa shape index (κ3) is 4.41. The fraction of sp³-hybridized carbons (Fsp3) is 0.471. The molecular weight excluding hydrogens is 260 g/mol. The first kappa shape index (κ1) is 15.7. The van der Waals surface area contributed by atoms with E-state index in [1.165, 1.54) is 16.7 Å². The van der Waals surface area contributed by atoms with Crippen molar-refractivity contribution in [2.24, 2.45) is 11.7 Å². The molecular formula is C17H26N4. The van der Waals surface area contributed by atoms with Crippen molar-refractivity contribution in [2.45, 2.75) is 26.8 Å². The SMILES string of the molecule is CC(C)Cc1ccc(-c2n[nH]cc2CN(C)CCN)cc1. The van der Waals surface area contributed by atoms with E-state index in [-0.39, 0.29) is 0 Å². The maximum Gasteiger partial charge on any atom is 0.0965 e. The number of rotatable bonds is 7. The quantitative estimate of drug-likeness (QED) is 0.822. The van der Waals surface area contributed by atoms with E-state index in [9.17, 15) is 0 Å². The Kier molecular flexibility index (Phi) is 5.53. The van der Waals surface area contributed by atoms with E-state index in [4.69, 9.17) is 5.73 Å². The van der Waals surface area contributed by atoms with Crippen LogP contribution in [0.25, 0.3) is 11.3 Å². The number of hydrogen-bond acceptors (Lipinski definition) is 3. The van der Waals surface area contributed by atoms with Gasteiger partial charge in [0.25, 0.3) is 0 Å². The lowest BCUT2D eigenvalue weighted by Gasteiger charge is -2.15. The average Bonchev–Trinajstić information content (AvgIpc) is 2.87. The molecule has 0 atom stereocenters. The van der Waals surface area contributed by atoms with Gasteiger partial charge in [-0.15, -0.1) is 0 Å². The minimum Gasteiger partial charge on any atom is -0.329 e. The van der Waals surface area contributed by atoms with Crippen molar-refractivity contribution in [1.29, 1.82) is 0 Å². The number of likely N-dealkylation sites (N-methyl/N-ethyl adjacent to an activating group) is 1. The van der Waals surface area contributed by atoms with Crippen LogP contribution in [0.15, 0.2) is 30.5 Å². The largest absolute Gasteiger partial charge is 0.329 e. The Labute approximate surface area is 127 Å². The van der Waals surface area contributed by atoms with E-state index in [1.54, 1.807) is 0 Å². The molecule has 1 aromatic carbocycles. The van der Waals surface area contributed by atoms with Gasteiger partial charge in [0.2, 0.25) is 0 Å². The third-order valence-electron chi connectivity index (χ3n) is 3.54. The highest BCUT2D eigenvalue weighted by molar-refractivity contribution is 5.62. The summed E-state index contributed by atoms with van der Waals surface area (Å²) in [7, 11) is 2.08. The van der Waals surface area contributed by atoms with Gasteiger partial charge in [-0.2, -0.15) is 5.10 Å². The van der Waals surface area contributed by atoms with Crippen LogP contribution in [-0.2, 0) is 13.0 Å². The van der Waals surface area contributed by atoms with Crippen molar-refractivity contribution in [3.05, 3.63) is 41.6 Å². The van der Waals surface area contributed by atoms with E-state index < -0.39 is 0 Å². The molecule has 0 bridgehead atoms. The summed E-state index contributed by atoms with van der Waals surface area (Å²) in [6.07, 6.45) is 3.09. The van der Waals surface area contributed by atoms with Crippen LogP contribution in [0.5, 0.6) is 0 Å². The summed E-state index contributed by atoms with van der Waals surface area (Å²) in [5.74, 6) is 0.682. The molecule has 0 radical (unpaired) electrons. The molecule has 0 amide bonds. The van der Waals surface area contributed by atoms with Crippen LogP contribution < -0.4 is 5.73 Å². The van der Waals surface area contributed by atoms with Gasteiger partial charge in [-0.05, 0) is 24.9 Å². The van der Waals surface area contributed by atoms with Crippen LogP contribution in [0.1, 0.15) is 25.0 Å². The molecule has 1 aromatic heterocycles. The molecule has 0 unspecified atom stereocenters. The monoisotopic (exact) mass is 286 g/mol. The first-order valence-electron chi connectivity index (χ1n) is 7.60. The third-order valence-corrected chi connectivity index (χ3v) is 3.54. The molecule has 3 N–H and O–H groups in total. The van der Waals surface area contributed by atoms with E-state index in [0.717, 1.165) is 25.2 Å². The average molecular weight is 286 g/mol. The summed E-state index contributed by atoms with van der Waals surface area (Å²) >= 11 is 0. The highest BCUT2D eigenvalue weighted by Crippen LogP contribution is 2.23. The first-order chi connectivity index (χ1) is 10.1. The fourth-order valence-electron chi connectivity index (χ4n) is 2.55. The predicted molar refractivity (Wildman–Crippen MR) is 88.0 cm³/mol.